The zero-order valence-electron chi connectivity index (χ0n) is 21.6. The van der Waals surface area contributed by atoms with E-state index in [2.05, 4.69) is 45.9 Å². The lowest BCUT2D eigenvalue weighted by Crippen LogP contribution is -2.54. The molecular formula is C25H35NO5SSi3. The van der Waals surface area contributed by atoms with Gasteiger partial charge in [0.25, 0.3) is 0 Å². The molecule has 0 bridgehead atoms. The summed E-state index contributed by atoms with van der Waals surface area (Å²) in [5, 5.41) is 10.3. The lowest BCUT2D eigenvalue weighted by Gasteiger charge is -2.39. The van der Waals surface area contributed by atoms with Crippen LogP contribution in [0.5, 0.6) is 5.75 Å². The molecule has 0 radical (unpaired) electrons. The van der Waals surface area contributed by atoms with Crippen molar-refractivity contribution in [3.05, 3.63) is 76.8 Å². The van der Waals surface area contributed by atoms with Crippen LogP contribution in [0.2, 0.25) is 45.8 Å². The molecule has 10 heteroatoms. The summed E-state index contributed by atoms with van der Waals surface area (Å²) in [7, 11) is -10.3. The average Bonchev–Trinajstić information content (AvgIpc) is 2.74. The maximum absolute atomic E-state index is 12.8. The minimum atomic E-state index is -3.89. The molecule has 2 aromatic carbocycles. The van der Waals surface area contributed by atoms with Crippen LogP contribution in [0.25, 0.3) is 6.08 Å². The lowest BCUT2D eigenvalue weighted by molar-refractivity contribution is 0.337. The number of sulfone groups is 1. The Kier molecular flexibility index (Phi) is 9.27. The van der Waals surface area contributed by atoms with Crippen molar-refractivity contribution >= 4 is 41.1 Å². The SMILES string of the molecule is C=C(COc1ccc(C=C(C#N)S(=O)(=O)c2ccccc2)cc1)[Si](C)(O[Si](C)(C)C)O[Si](C)(C)C. The molecule has 0 N–H and O–H groups in total. The van der Waals surface area contributed by atoms with Crippen LogP contribution in [0, 0.1) is 11.3 Å². The van der Waals surface area contributed by atoms with E-state index in [1.807, 2.05) is 12.6 Å². The van der Waals surface area contributed by atoms with E-state index < -0.39 is 35.0 Å². The monoisotopic (exact) mass is 545 g/mol. The minimum absolute atomic E-state index is 0.0829. The second kappa shape index (κ2) is 11.2. The zero-order valence-corrected chi connectivity index (χ0v) is 25.4. The van der Waals surface area contributed by atoms with Crippen molar-refractivity contribution in [1.29, 1.82) is 5.26 Å². The standard InChI is InChI=1S/C25H35NO5SSi3/c1-21(35(8,30-33(2,3)4)31-34(5,6)7)20-29-23-16-14-22(15-17-23)18-25(19-26)32(27,28)24-12-10-9-11-13-24/h9-18H,1,20H2,2-8H3. The summed E-state index contributed by atoms with van der Waals surface area (Å²) in [5.41, 5.74) is 0.579. The Labute approximate surface area is 213 Å². The smallest absolute Gasteiger partial charge is 0.347 e. The van der Waals surface area contributed by atoms with Crippen LogP contribution in [-0.2, 0) is 18.1 Å². The van der Waals surface area contributed by atoms with Crippen molar-refractivity contribution in [3.63, 3.8) is 0 Å². The van der Waals surface area contributed by atoms with E-state index in [4.69, 9.17) is 13.0 Å². The molecule has 2 rings (SSSR count). The Bertz CT molecular complexity index is 1190. The number of nitrogens with zero attached hydrogens (tertiary/aromatic N) is 1. The molecule has 35 heavy (non-hydrogen) atoms. The van der Waals surface area contributed by atoms with Crippen LogP contribution in [0.15, 0.2) is 76.2 Å². The van der Waals surface area contributed by atoms with E-state index in [0.717, 1.165) is 5.20 Å². The van der Waals surface area contributed by atoms with Gasteiger partial charge in [-0.1, -0.05) is 36.9 Å². The van der Waals surface area contributed by atoms with Crippen LogP contribution in [-0.4, -0.2) is 40.2 Å². The number of rotatable bonds is 11. The van der Waals surface area contributed by atoms with Gasteiger partial charge in [0.15, 0.2) is 16.6 Å². The van der Waals surface area contributed by atoms with Gasteiger partial charge in [-0.2, -0.15) is 5.26 Å². The maximum atomic E-state index is 12.8. The van der Waals surface area contributed by atoms with Crippen LogP contribution < -0.4 is 4.74 Å². The van der Waals surface area contributed by atoms with E-state index in [1.54, 1.807) is 42.5 Å². The van der Waals surface area contributed by atoms with Gasteiger partial charge in [0.2, 0.25) is 9.84 Å². The Morgan fingerprint density at radius 1 is 0.914 bits per heavy atom. The summed E-state index contributed by atoms with van der Waals surface area (Å²) < 4.78 is 44.5. The lowest BCUT2D eigenvalue weighted by atomic mass is 10.2. The highest BCUT2D eigenvalue weighted by molar-refractivity contribution is 7.95. The van der Waals surface area contributed by atoms with Crippen molar-refractivity contribution in [1.82, 2.24) is 0 Å². The van der Waals surface area contributed by atoms with E-state index in [1.165, 1.54) is 18.2 Å². The third-order valence-corrected chi connectivity index (χ3v) is 15.8. The molecular weight excluding hydrogens is 511 g/mol. The van der Waals surface area contributed by atoms with Crippen LogP contribution in [0.3, 0.4) is 0 Å². The summed E-state index contributed by atoms with van der Waals surface area (Å²) in [6.45, 7) is 19.4. The molecule has 6 nitrogen and oxygen atoms in total. The normalized spacial score (nSPS) is 13.3. The number of benzene rings is 2. The Morgan fingerprint density at radius 2 is 1.43 bits per heavy atom. The largest absolute Gasteiger partial charge is 0.489 e. The van der Waals surface area contributed by atoms with Crippen molar-refractivity contribution in [3.8, 4) is 11.8 Å². The zero-order chi connectivity index (χ0) is 26.5. The maximum Gasteiger partial charge on any atom is 0.347 e. The van der Waals surface area contributed by atoms with Crippen LogP contribution >= 0.6 is 0 Å². The Morgan fingerprint density at radius 3 is 1.89 bits per heavy atom. The first kappa shape index (κ1) is 29.0. The van der Waals surface area contributed by atoms with Crippen molar-refractivity contribution in [2.24, 2.45) is 0 Å². The van der Waals surface area contributed by atoms with Gasteiger partial charge in [-0.15, -0.1) is 0 Å². The van der Waals surface area contributed by atoms with Gasteiger partial charge >= 0.3 is 8.56 Å². The topological polar surface area (TPSA) is 85.6 Å². The fourth-order valence-corrected chi connectivity index (χ4v) is 15.9. The first-order valence-electron chi connectivity index (χ1n) is 11.3. The number of hydrogen-bond donors (Lipinski definition) is 0. The van der Waals surface area contributed by atoms with Gasteiger partial charge in [0, 0.05) is 5.20 Å². The summed E-state index contributed by atoms with van der Waals surface area (Å²) in [5.74, 6) is 0.602. The predicted molar refractivity (Wildman–Crippen MR) is 149 cm³/mol. The Hall–Kier alpha value is -2.27. The van der Waals surface area contributed by atoms with E-state index in [9.17, 15) is 13.7 Å². The first-order valence-corrected chi connectivity index (χ1v) is 21.9. The Balaban J connectivity index is 2.17. The molecule has 0 fully saturated rings. The summed E-state index contributed by atoms with van der Waals surface area (Å²) in [6.07, 6.45) is 1.36. The van der Waals surface area contributed by atoms with Crippen molar-refractivity contribution in [2.75, 3.05) is 6.61 Å². The summed E-state index contributed by atoms with van der Waals surface area (Å²) in [6, 6.07) is 16.6. The fraction of sp³-hybridized carbons (Fsp3) is 0.320. The molecule has 188 valence electrons. The number of hydrogen-bond acceptors (Lipinski definition) is 6. The molecule has 0 aliphatic carbocycles. The third kappa shape index (κ3) is 8.71. The third-order valence-electron chi connectivity index (χ3n) is 4.69. The highest BCUT2D eigenvalue weighted by Gasteiger charge is 2.43. The second-order valence-corrected chi connectivity index (χ2v) is 24.9. The summed E-state index contributed by atoms with van der Waals surface area (Å²) >= 11 is 0. The van der Waals surface area contributed by atoms with Crippen LogP contribution in [0.4, 0.5) is 0 Å². The molecule has 0 aliphatic rings. The first-order chi connectivity index (χ1) is 16.1. The molecule has 0 saturated carbocycles. The molecule has 0 spiro atoms. The number of allylic oxidation sites excluding steroid dienone is 1. The van der Waals surface area contributed by atoms with Gasteiger partial charge in [0.1, 0.15) is 23.3 Å². The van der Waals surface area contributed by atoms with Gasteiger partial charge in [-0.3, -0.25) is 0 Å². The highest BCUT2D eigenvalue weighted by Crippen LogP contribution is 2.27. The molecule has 0 heterocycles. The molecule has 2 aromatic rings. The molecule has 0 aliphatic heterocycles. The quantitative estimate of drug-likeness (QED) is 0.244. The minimum Gasteiger partial charge on any atom is -0.489 e. The second-order valence-electron chi connectivity index (χ2n) is 10.3. The van der Waals surface area contributed by atoms with Gasteiger partial charge in [-0.25, -0.2) is 8.42 Å². The van der Waals surface area contributed by atoms with E-state index in [0.29, 0.717) is 11.3 Å². The average molecular weight is 546 g/mol. The van der Waals surface area contributed by atoms with Gasteiger partial charge < -0.3 is 13.0 Å². The molecule has 0 amide bonds. The van der Waals surface area contributed by atoms with Crippen molar-refractivity contribution < 1.29 is 21.4 Å². The molecule has 0 saturated heterocycles. The molecule has 0 unspecified atom stereocenters. The van der Waals surface area contributed by atoms with E-state index in [-0.39, 0.29) is 16.4 Å². The van der Waals surface area contributed by atoms with Gasteiger partial charge in [-0.05, 0) is 81.7 Å². The van der Waals surface area contributed by atoms with E-state index >= 15 is 0 Å². The highest BCUT2D eigenvalue weighted by atomic mass is 32.2. The number of ether oxygens (including phenoxy) is 1. The molecule has 0 aromatic heterocycles. The fourth-order valence-electron chi connectivity index (χ4n) is 3.34. The summed E-state index contributed by atoms with van der Waals surface area (Å²) in [4.78, 5) is -0.237. The predicted octanol–water partition coefficient (Wildman–Crippen LogP) is 6.27. The van der Waals surface area contributed by atoms with Crippen LogP contribution in [0.1, 0.15) is 5.56 Å². The number of nitriles is 1. The van der Waals surface area contributed by atoms with Crippen molar-refractivity contribution in [2.45, 2.75) is 50.7 Å². The molecule has 0 atom stereocenters. The van der Waals surface area contributed by atoms with Gasteiger partial charge in [0.05, 0.1) is 4.90 Å².